The molecule has 0 aromatic carbocycles. The lowest BCUT2D eigenvalue weighted by Gasteiger charge is -2.13. The summed E-state index contributed by atoms with van der Waals surface area (Å²) < 4.78 is 9.89. The van der Waals surface area contributed by atoms with E-state index in [0.29, 0.717) is 12.3 Å². The zero-order valence-corrected chi connectivity index (χ0v) is 10.9. The van der Waals surface area contributed by atoms with Crippen LogP contribution in [0.4, 0.5) is 0 Å². The Morgan fingerprint density at radius 2 is 2.37 bits per heavy atom. The zero-order valence-electron chi connectivity index (χ0n) is 10.9. The van der Waals surface area contributed by atoms with Gasteiger partial charge in [-0.2, -0.15) is 0 Å². The molecule has 1 saturated heterocycles. The molecule has 0 radical (unpaired) electrons. The average Bonchev–Trinajstić information content (AvgIpc) is 2.80. The third-order valence-corrected chi connectivity index (χ3v) is 3.11. The van der Waals surface area contributed by atoms with Crippen molar-refractivity contribution in [2.24, 2.45) is 0 Å². The van der Waals surface area contributed by atoms with E-state index < -0.39 is 5.97 Å². The van der Waals surface area contributed by atoms with Crippen molar-refractivity contribution in [3.63, 3.8) is 0 Å². The Kier molecular flexibility index (Phi) is 4.57. The van der Waals surface area contributed by atoms with Gasteiger partial charge in [-0.25, -0.2) is 4.79 Å². The maximum atomic E-state index is 11.7. The predicted molar refractivity (Wildman–Crippen MR) is 67.5 cm³/mol. The molecule has 6 nitrogen and oxygen atoms in total. The Labute approximate surface area is 111 Å². The van der Waals surface area contributed by atoms with Crippen LogP contribution < -0.4 is 10.6 Å². The molecule has 0 spiro atoms. The molecule has 1 aromatic rings. The highest BCUT2D eigenvalue weighted by molar-refractivity contribution is 5.86. The Morgan fingerprint density at radius 1 is 1.53 bits per heavy atom. The van der Waals surface area contributed by atoms with E-state index in [9.17, 15) is 9.59 Å². The van der Waals surface area contributed by atoms with Crippen LogP contribution in [0.1, 0.15) is 35.6 Å². The lowest BCUT2D eigenvalue weighted by molar-refractivity contribution is -0.122. The van der Waals surface area contributed by atoms with Gasteiger partial charge in [0.15, 0.2) is 0 Å². The van der Waals surface area contributed by atoms with Crippen molar-refractivity contribution in [2.75, 3.05) is 13.7 Å². The maximum absolute atomic E-state index is 11.7. The molecule has 0 bridgehead atoms. The minimum atomic E-state index is -0.501. The fourth-order valence-electron chi connectivity index (χ4n) is 2.04. The van der Waals surface area contributed by atoms with Gasteiger partial charge in [0.2, 0.25) is 11.7 Å². The number of nitrogens with one attached hydrogen (secondary N) is 2. The lowest BCUT2D eigenvalue weighted by Crippen LogP contribution is -2.42. The van der Waals surface area contributed by atoms with E-state index in [4.69, 9.17) is 4.42 Å². The Bertz CT molecular complexity index is 455. The molecule has 2 heterocycles. The molecule has 2 rings (SSSR count). The highest BCUT2D eigenvalue weighted by Gasteiger charge is 2.20. The fourth-order valence-corrected chi connectivity index (χ4v) is 2.04. The topological polar surface area (TPSA) is 80.6 Å². The van der Waals surface area contributed by atoms with Gasteiger partial charge in [0.25, 0.3) is 0 Å². The van der Waals surface area contributed by atoms with Crippen LogP contribution in [0.15, 0.2) is 16.5 Å². The molecule has 104 valence electrons. The Balaban J connectivity index is 1.89. The largest absolute Gasteiger partial charge is 0.463 e. The summed E-state index contributed by atoms with van der Waals surface area (Å²) in [6, 6.07) is 3.07. The van der Waals surface area contributed by atoms with Crippen LogP contribution in [0.2, 0.25) is 0 Å². The number of carbonyl (C=O) groups excluding carboxylic acids is 2. The van der Waals surface area contributed by atoms with Gasteiger partial charge in [-0.3, -0.25) is 10.1 Å². The summed E-state index contributed by atoms with van der Waals surface area (Å²) in [5, 5.41) is 6.00. The molecule has 1 unspecified atom stereocenters. The number of methoxy groups -OCH3 is 1. The first kappa shape index (κ1) is 13.6. The van der Waals surface area contributed by atoms with E-state index in [-0.39, 0.29) is 17.7 Å². The number of carbonyl (C=O) groups is 2. The van der Waals surface area contributed by atoms with Gasteiger partial charge < -0.3 is 14.5 Å². The molecular weight excluding hydrogens is 248 g/mol. The van der Waals surface area contributed by atoms with E-state index >= 15 is 0 Å². The van der Waals surface area contributed by atoms with Gasteiger partial charge in [-0.15, -0.1) is 0 Å². The summed E-state index contributed by atoms with van der Waals surface area (Å²) >= 11 is 0. The summed E-state index contributed by atoms with van der Waals surface area (Å²) in [5.74, 6) is 0.303. The van der Waals surface area contributed by atoms with E-state index in [2.05, 4.69) is 15.4 Å². The van der Waals surface area contributed by atoms with Crippen LogP contribution in [0.25, 0.3) is 0 Å². The van der Waals surface area contributed by atoms with Gasteiger partial charge >= 0.3 is 5.97 Å². The zero-order chi connectivity index (χ0) is 13.7. The van der Waals surface area contributed by atoms with Crippen molar-refractivity contribution in [1.82, 2.24) is 10.6 Å². The minimum absolute atomic E-state index is 0.0252. The molecular formula is C13H18N2O4. The third-order valence-electron chi connectivity index (χ3n) is 3.11. The van der Waals surface area contributed by atoms with Crippen molar-refractivity contribution in [3.05, 3.63) is 23.7 Å². The van der Waals surface area contributed by atoms with Gasteiger partial charge in [-0.1, -0.05) is 0 Å². The molecule has 1 aliphatic heterocycles. The predicted octanol–water partition coefficient (Wildman–Crippen LogP) is 0.824. The SMILES string of the molecule is COC(=O)c1ccc(CNC2CCCCNC2=O)o1. The molecule has 1 amide bonds. The highest BCUT2D eigenvalue weighted by atomic mass is 16.5. The molecule has 2 N–H and O–H groups in total. The van der Waals surface area contributed by atoms with E-state index in [1.165, 1.54) is 7.11 Å². The summed E-state index contributed by atoms with van der Waals surface area (Å²) in [5.41, 5.74) is 0. The summed E-state index contributed by atoms with van der Waals surface area (Å²) in [6.07, 6.45) is 2.84. The molecule has 6 heteroatoms. The lowest BCUT2D eigenvalue weighted by atomic mass is 10.1. The second kappa shape index (κ2) is 6.38. The second-order valence-corrected chi connectivity index (χ2v) is 4.48. The number of furan rings is 1. The molecule has 1 aromatic heterocycles. The summed E-state index contributed by atoms with van der Waals surface area (Å²) in [4.78, 5) is 22.9. The van der Waals surface area contributed by atoms with Crippen molar-refractivity contribution in [2.45, 2.75) is 31.8 Å². The van der Waals surface area contributed by atoms with Crippen LogP contribution in [-0.2, 0) is 16.1 Å². The monoisotopic (exact) mass is 266 g/mol. The van der Waals surface area contributed by atoms with Gasteiger partial charge in [0.1, 0.15) is 5.76 Å². The van der Waals surface area contributed by atoms with E-state index in [1.807, 2.05) is 0 Å². The number of esters is 1. The number of amides is 1. The number of rotatable bonds is 4. The van der Waals surface area contributed by atoms with Crippen molar-refractivity contribution in [1.29, 1.82) is 0 Å². The summed E-state index contributed by atoms with van der Waals surface area (Å²) in [7, 11) is 1.30. The first-order valence-electron chi connectivity index (χ1n) is 6.39. The summed E-state index contributed by atoms with van der Waals surface area (Å²) in [6.45, 7) is 1.15. The first-order valence-corrected chi connectivity index (χ1v) is 6.39. The Morgan fingerprint density at radius 3 is 3.16 bits per heavy atom. The molecule has 0 aliphatic carbocycles. The first-order chi connectivity index (χ1) is 9.20. The molecule has 19 heavy (non-hydrogen) atoms. The standard InChI is InChI=1S/C13H18N2O4/c1-18-13(17)11-6-5-9(19-11)8-15-10-4-2-3-7-14-12(10)16/h5-6,10,15H,2-4,7-8H2,1H3,(H,14,16). The van der Waals surface area contributed by atoms with E-state index in [1.54, 1.807) is 12.1 Å². The molecule has 1 aliphatic rings. The van der Waals surface area contributed by atoms with Gasteiger partial charge in [0.05, 0.1) is 19.7 Å². The average molecular weight is 266 g/mol. The van der Waals surface area contributed by atoms with E-state index in [0.717, 1.165) is 25.8 Å². The quantitative estimate of drug-likeness (QED) is 0.789. The van der Waals surface area contributed by atoms with Crippen molar-refractivity contribution >= 4 is 11.9 Å². The fraction of sp³-hybridized carbons (Fsp3) is 0.538. The smallest absolute Gasteiger partial charge is 0.373 e. The normalized spacial score (nSPS) is 19.6. The second-order valence-electron chi connectivity index (χ2n) is 4.48. The third kappa shape index (κ3) is 3.57. The molecule has 1 atom stereocenters. The van der Waals surface area contributed by atoms with Crippen LogP contribution in [0.5, 0.6) is 0 Å². The molecule has 0 saturated carbocycles. The van der Waals surface area contributed by atoms with Gasteiger partial charge in [-0.05, 0) is 31.4 Å². The molecule has 1 fully saturated rings. The van der Waals surface area contributed by atoms with Crippen molar-refractivity contribution < 1.29 is 18.7 Å². The minimum Gasteiger partial charge on any atom is -0.463 e. The van der Waals surface area contributed by atoms with Gasteiger partial charge in [0, 0.05) is 6.54 Å². The van der Waals surface area contributed by atoms with Crippen LogP contribution in [0.3, 0.4) is 0 Å². The van der Waals surface area contributed by atoms with Crippen LogP contribution in [0, 0.1) is 0 Å². The maximum Gasteiger partial charge on any atom is 0.373 e. The number of hydrogen-bond donors (Lipinski definition) is 2. The number of ether oxygens (including phenoxy) is 1. The highest BCUT2D eigenvalue weighted by Crippen LogP contribution is 2.11. The van der Waals surface area contributed by atoms with Crippen LogP contribution >= 0.6 is 0 Å². The number of hydrogen-bond acceptors (Lipinski definition) is 5. The van der Waals surface area contributed by atoms with Crippen molar-refractivity contribution in [3.8, 4) is 0 Å². The Hall–Kier alpha value is -1.82. The van der Waals surface area contributed by atoms with Crippen LogP contribution in [-0.4, -0.2) is 31.6 Å².